The molecule has 1 saturated heterocycles. The van der Waals surface area contributed by atoms with Crippen molar-refractivity contribution in [3.05, 3.63) is 141 Å². The number of carbonyl (C=O) groups excluding carboxylic acids is 3. The molecule has 2 amide bonds. The molecular formula is C36H33N3O12S3. The summed E-state index contributed by atoms with van der Waals surface area (Å²) in [6.45, 7) is 5.10. The summed E-state index contributed by atoms with van der Waals surface area (Å²) in [4.78, 5) is 51.8. The molecule has 15 nitrogen and oxygen atoms in total. The number of hydrogen-bond donors (Lipinski definition) is 1. The second-order valence-corrected chi connectivity index (χ2v) is 17.4. The number of benzene rings is 4. The second-order valence-electron chi connectivity index (χ2n) is 12.0. The van der Waals surface area contributed by atoms with Crippen molar-refractivity contribution in [2.75, 3.05) is 0 Å². The number of para-hydroxylation sites is 1. The van der Waals surface area contributed by atoms with Gasteiger partial charge in [0.25, 0.3) is 17.3 Å². The first-order chi connectivity index (χ1) is 25.4. The number of aryl methyl sites for hydroxylation is 2. The first kappa shape index (κ1) is 39.5. The Morgan fingerprint density at radius 3 is 1.94 bits per heavy atom. The highest BCUT2D eigenvalue weighted by molar-refractivity contribution is 8.72. The Morgan fingerprint density at radius 1 is 0.852 bits per heavy atom. The highest BCUT2D eigenvalue weighted by Gasteiger charge is 2.69. The molecule has 2 unspecified atom stereocenters. The van der Waals surface area contributed by atoms with Gasteiger partial charge >= 0.3 is 16.1 Å². The van der Waals surface area contributed by atoms with E-state index in [1.54, 1.807) is 44.2 Å². The molecule has 0 radical (unpaired) electrons. The van der Waals surface area contributed by atoms with Crippen molar-refractivity contribution in [2.45, 2.75) is 55.2 Å². The molecule has 5 rings (SSSR count). The molecule has 4 aromatic rings. The van der Waals surface area contributed by atoms with Crippen LogP contribution in [0.3, 0.4) is 0 Å². The topological polar surface area (TPSA) is 206 Å². The van der Waals surface area contributed by atoms with E-state index in [9.17, 15) is 41.3 Å². The van der Waals surface area contributed by atoms with Crippen LogP contribution in [0.15, 0.2) is 124 Å². The minimum Gasteiger partial charge on any atom is -0.456 e. The van der Waals surface area contributed by atoms with Crippen molar-refractivity contribution in [2.24, 2.45) is 0 Å². The Kier molecular flexibility index (Phi) is 11.5. The Labute approximate surface area is 314 Å². The highest BCUT2D eigenvalue weighted by Crippen LogP contribution is 2.47. The van der Waals surface area contributed by atoms with Crippen LogP contribution in [-0.2, 0) is 48.9 Å². The van der Waals surface area contributed by atoms with Gasteiger partial charge in [0, 0.05) is 29.9 Å². The third kappa shape index (κ3) is 8.56. The van der Waals surface area contributed by atoms with E-state index < -0.39 is 70.9 Å². The summed E-state index contributed by atoms with van der Waals surface area (Å²) < 4.78 is 71.7. The number of β-lactam (4-membered cyclic amide) rings is 1. The summed E-state index contributed by atoms with van der Waals surface area (Å²) in [5, 5.41) is 11.7. The smallest absolute Gasteiger partial charge is 0.359 e. The van der Waals surface area contributed by atoms with Gasteiger partial charge in [-0.3, -0.25) is 24.6 Å². The summed E-state index contributed by atoms with van der Waals surface area (Å²) in [7, 11) is -8.93. The van der Waals surface area contributed by atoms with Gasteiger partial charge in [0.15, 0.2) is 11.1 Å². The molecule has 1 aliphatic rings. The van der Waals surface area contributed by atoms with Crippen LogP contribution in [0, 0.1) is 24.0 Å². The second kappa shape index (κ2) is 15.7. The van der Waals surface area contributed by atoms with Crippen molar-refractivity contribution < 1.29 is 49.8 Å². The maximum atomic E-state index is 14.5. The van der Waals surface area contributed by atoms with Crippen LogP contribution in [0.1, 0.15) is 30.5 Å². The minimum atomic E-state index is -4.66. The number of ether oxygens (including phenoxy) is 2. The lowest BCUT2D eigenvalue weighted by atomic mass is 9.99. The number of esters is 1. The van der Waals surface area contributed by atoms with Crippen LogP contribution < -0.4 is 10.1 Å². The van der Waals surface area contributed by atoms with Crippen LogP contribution >= 0.6 is 10.8 Å². The third-order valence-electron chi connectivity index (χ3n) is 7.86. The zero-order valence-corrected chi connectivity index (χ0v) is 31.6. The van der Waals surface area contributed by atoms with Gasteiger partial charge in [-0.05, 0) is 74.9 Å². The fourth-order valence-electron chi connectivity index (χ4n) is 5.19. The quantitative estimate of drug-likeness (QED) is 0.0203. The van der Waals surface area contributed by atoms with Gasteiger partial charge in [0.2, 0.25) is 14.8 Å². The molecule has 0 bridgehead atoms. The van der Waals surface area contributed by atoms with Crippen LogP contribution in [0.25, 0.3) is 0 Å². The van der Waals surface area contributed by atoms with E-state index in [0.717, 1.165) is 25.0 Å². The maximum Gasteiger partial charge on any atom is 0.359 e. The number of nitro groups is 1. The Hall–Kier alpha value is -5.72. The van der Waals surface area contributed by atoms with Crippen molar-refractivity contribution in [1.29, 1.82) is 0 Å². The van der Waals surface area contributed by atoms with E-state index in [2.05, 4.69) is 5.32 Å². The van der Waals surface area contributed by atoms with E-state index in [4.69, 9.17) is 13.7 Å². The fourth-order valence-corrected chi connectivity index (χ4v) is 9.66. The van der Waals surface area contributed by atoms with Gasteiger partial charge in [0.1, 0.15) is 23.0 Å². The SMILES string of the molecule is CC(=O)NC1(Oc2ccccc2)C(=O)N(/C(C(=O)OCc2ccc([N+](=O)[O-])cc2)=C(\C)OS(=O)(=O)c2ccc(C)cc2)C1SS(=O)(=O)c1ccc(C)cc1. The Morgan fingerprint density at radius 2 is 1.41 bits per heavy atom. The van der Waals surface area contributed by atoms with E-state index >= 15 is 0 Å². The lowest BCUT2D eigenvalue weighted by molar-refractivity contribution is -0.384. The molecule has 0 saturated carbocycles. The molecule has 1 aliphatic heterocycles. The Balaban J connectivity index is 1.64. The van der Waals surface area contributed by atoms with Gasteiger partial charge in [-0.15, -0.1) is 0 Å². The molecule has 282 valence electrons. The first-order valence-corrected chi connectivity index (χ1v) is 20.2. The number of amides is 2. The molecule has 1 N–H and O–H groups in total. The summed E-state index contributed by atoms with van der Waals surface area (Å²) in [6, 6.07) is 24.0. The zero-order chi connectivity index (χ0) is 39.4. The van der Waals surface area contributed by atoms with Crippen molar-refractivity contribution >= 4 is 53.3 Å². The van der Waals surface area contributed by atoms with Crippen molar-refractivity contribution in [1.82, 2.24) is 10.2 Å². The van der Waals surface area contributed by atoms with Crippen LogP contribution in [0.2, 0.25) is 0 Å². The molecule has 1 heterocycles. The number of nitro benzene ring substituents is 1. The van der Waals surface area contributed by atoms with E-state index in [1.807, 2.05) is 0 Å². The normalized spacial score (nSPS) is 17.4. The van der Waals surface area contributed by atoms with Gasteiger partial charge in [0.05, 0.1) is 9.82 Å². The molecular weight excluding hydrogens is 763 g/mol. The number of likely N-dealkylation sites (tertiary alicyclic amines) is 1. The molecule has 1 fully saturated rings. The average Bonchev–Trinajstić information content (AvgIpc) is 3.12. The number of rotatable bonds is 14. The summed E-state index contributed by atoms with van der Waals surface area (Å²) in [5.74, 6) is -3.96. The maximum absolute atomic E-state index is 14.5. The minimum absolute atomic E-state index is 0.0405. The summed E-state index contributed by atoms with van der Waals surface area (Å²) in [5.41, 5.74) is -1.75. The molecule has 2 atom stereocenters. The largest absolute Gasteiger partial charge is 0.456 e. The number of non-ortho nitro benzene ring substituents is 1. The van der Waals surface area contributed by atoms with Crippen LogP contribution in [0.4, 0.5) is 5.69 Å². The molecule has 4 aromatic carbocycles. The molecule has 0 spiro atoms. The van der Waals surface area contributed by atoms with Gasteiger partial charge < -0.3 is 19.0 Å². The number of hydrogen-bond acceptors (Lipinski definition) is 13. The van der Waals surface area contributed by atoms with Crippen molar-refractivity contribution in [3.63, 3.8) is 0 Å². The monoisotopic (exact) mass is 795 g/mol. The van der Waals surface area contributed by atoms with Gasteiger partial charge in [-0.2, -0.15) is 8.42 Å². The van der Waals surface area contributed by atoms with E-state index in [1.165, 1.54) is 72.8 Å². The Bertz CT molecular complexity index is 2330. The zero-order valence-electron chi connectivity index (χ0n) is 29.1. The first-order valence-electron chi connectivity index (χ1n) is 15.9. The molecule has 18 heteroatoms. The number of nitrogens with one attached hydrogen (secondary N) is 1. The van der Waals surface area contributed by atoms with Crippen LogP contribution in [0.5, 0.6) is 5.75 Å². The third-order valence-corrected chi connectivity index (χ3v) is 12.9. The number of carbonyl (C=O) groups is 3. The van der Waals surface area contributed by atoms with E-state index in [-0.39, 0.29) is 37.6 Å². The summed E-state index contributed by atoms with van der Waals surface area (Å²) >= 11 is 0. The van der Waals surface area contributed by atoms with Crippen LogP contribution in [-0.4, -0.2) is 55.5 Å². The molecule has 0 aromatic heterocycles. The predicted octanol–water partition coefficient (Wildman–Crippen LogP) is 5.09. The fraction of sp³-hybridized carbons (Fsp3) is 0.194. The predicted molar refractivity (Wildman–Crippen MR) is 195 cm³/mol. The molecule has 54 heavy (non-hydrogen) atoms. The lowest BCUT2D eigenvalue weighted by Crippen LogP contribution is -2.81. The number of nitrogens with zero attached hydrogens (tertiary/aromatic N) is 2. The standard InChI is InChI=1S/C36H33N3O12S3/c1-23-10-18-30(19-11-23)53(45,46)51-25(3)32(33(41)49-22-27-14-16-28(17-15-27)39(43)44)38-34(42)36(37-26(4)40,50-29-8-6-5-7-9-29)35(38)52-54(47,48)31-20-12-24(2)13-21-31/h5-21,35H,22H2,1-4H3,(H,37,40)/b32-25+. The lowest BCUT2D eigenvalue weighted by Gasteiger charge is -2.53. The average molecular weight is 796 g/mol. The van der Waals surface area contributed by atoms with E-state index in [0.29, 0.717) is 4.90 Å². The van der Waals surface area contributed by atoms with Gasteiger partial charge in [-0.25, -0.2) is 13.2 Å². The molecule has 0 aliphatic carbocycles. The summed E-state index contributed by atoms with van der Waals surface area (Å²) in [6.07, 6.45) is 0. The highest BCUT2D eigenvalue weighted by atomic mass is 33.1. The van der Waals surface area contributed by atoms with Gasteiger partial charge in [-0.1, -0.05) is 53.6 Å². The van der Waals surface area contributed by atoms with Crippen molar-refractivity contribution in [3.8, 4) is 5.75 Å². The number of allylic oxidation sites excluding steroid dienone is 1.